The second kappa shape index (κ2) is 6.60. The van der Waals surface area contributed by atoms with E-state index in [0.29, 0.717) is 5.92 Å². The summed E-state index contributed by atoms with van der Waals surface area (Å²) in [4.78, 5) is 0. The molecule has 1 heterocycles. The molecule has 0 aromatic carbocycles. The van der Waals surface area contributed by atoms with Gasteiger partial charge in [-0.3, -0.25) is 0 Å². The summed E-state index contributed by atoms with van der Waals surface area (Å²) in [5, 5.41) is 0. The van der Waals surface area contributed by atoms with Crippen molar-refractivity contribution in [2.75, 3.05) is 32.8 Å². The molecule has 2 saturated carbocycles. The molecule has 0 spiro atoms. The van der Waals surface area contributed by atoms with Gasteiger partial charge in [0.25, 0.3) is 0 Å². The van der Waals surface area contributed by atoms with Crippen LogP contribution in [0, 0.1) is 17.3 Å². The van der Waals surface area contributed by atoms with Crippen LogP contribution in [0.1, 0.15) is 38.5 Å². The summed E-state index contributed by atoms with van der Waals surface area (Å²) in [6, 6.07) is 0. The quantitative estimate of drug-likeness (QED) is 0.710. The number of hydrogen-bond acceptors (Lipinski definition) is 5. The number of hydrogen-bond donors (Lipinski definition) is 0. The number of rotatable bonds is 5. The minimum absolute atomic E-state index is 0.0968. The Morgan fingerprint density at radius 2 is 1.71 bits per heavy atom. The van der Waals surface area contributed by atoms with Gasteiger partial charge in [-0.25, -0.2) is 0 Å². The normalized spacial score (nSPS) is 38.9. The average molecular weight is 333 g/mol. The van der Waals surface area contributed by atoms with Gasteiger partial charge < -0.3 is 14.2 Å². The van der Waals surface area contributed by atoms with Crippen LogP contribution in [0.15, 0.2) is 0 Å². The van der Waals surface area contributed by atoms with Gasteiger partial charge in [0.1, 0.15) is 0 Å². The van der Waals surface area contributed by atoms with Crippen molar-refractivity contribution in [3.63, 3.8) is 0 Å². The molecule has 122 valence electrons. The van der Waals surface area contributed by atoms with Crippen LogP contribution in [0.5, 0.6) is 0 Å². The molecule has 3 fully saturated rings. The second-order valence-corrected chi connectivity index (χ2v) is 9.40. The molecule has 0 radical (unpaired) electrons. The van der Waals surface area contributed by atoms with Crippen molar-refractivity contribution in [1.29, 1.82) is 0 Å². The zero-order valence-corrected chi connectivity index (χ0v) is 15.1. The van der Waals surface area contributed by atoms with E-state index in [1.54, 1.807) is 14.2 Å². The third-order valence-corrected chi connectivity index (χ3v) is 9.39. The lowest BCUT2D eigenvalue weighted by Crippen LogP contribution is -2.54. The van der Waals surface area contributed by atoms with Crippen molar-refractivity contribution in [3.05, 3.63) is 0 Å². The van der Waals surface area contributed by atoms with Crippen LogP contribution in [0.4, 0.5) is 0 Å². The molecule has 0 aromatic heterocycles. The molecule has 3 nitrogen and oxygen atoms in total. The zero-order chi connectivity index (χ0) is 14.9. The van der Waals surface area contributed by atoms with Crippen molar-refractivity contribution in [3.8, 4) is 0 Å². The van der Waals surface area contributed by atoms with Gasteiger partial charge >= 0.3 is 0 Å². The van der Waals surface area contributed by atoms with Crippen LogP contribution in [0.3, 0.4) is 0 Å². The summed E-state index contributed by atoms with van der Waals surface area (Å²) < 4.78 is 17.5. The second-order valence-electron chi connectivity index (χ2n) is 6.60. The Balaban J connectivity index is 1.96. The largest absolute Gasteiger partial charge is 0.358 e. The first kappa shape index (κ1) is 16.4. The maximum Gasteiger partial charge on any atom is 0.166 e. The predicted molar refractivity (Wildman–Crippen MR) is 89.6 cm³/mol. The number of fused-ring (bicyclic) bond motifs is 2. The highest BCUT2D eigenvalue weighted by Gasteiger charge is 2.63. The maximum absolute atomic E-state index is 6.22. The van der Waals surface area contributed by atoms with Crippen molar-refractivity contribution >= 4 is 23.5 Å². The van der Waals surface area contributed by atoms with Crippen molar-refractivity contribution < 1.29 is 14.2 Å². The van der Waals surface area contributed by atoms with Gasteiger partial charge in [0.2, 0.25) is 0 Å². The minimum atomic E-state index is -0.0980. The SMILES string of the molecule is COC(OC)C1CCC2CCC1(C1(OC)SCCCS1)C2. The third-order valence-electron chi connectivity index (χ3n) is 5.79. The van der Waals surface area contributed by atoms with E-state index < -0.39 is 0 Å². The van der Waals surface area contributed by atoms with Gasteiger partial charge in [0, 0.05) is 32.7 Å². The Morgan fingerprint density at radius 1 is 1.00 bits per heavy atom. The third kappa shape index (κ3) is 2.57. The molecular weight excluding hydrogens is 304 g/mol. The number of thioether (sulfide) groups is 2. The lowest BCUT2D eigenvalue weighted by atomic mass is 9.67. The Morgan fingerprint density at radius 3 is 2.33 bits per heavy atom. The molecule has 3 aliphatic rings. The molecule has 1 aliphatic heterocycles. The van der Waals surface area contributed by atoms with Crippen molar-refractivity contribution in [2.24, 2.45) is 17.3 Å². The summed E-state index contributed by atoms with van der Waals surface area (Å²) in [7, 11) is 5.47. The topological polar surface area (TPSA) is 27.7 Å². The van der Waals surface area contributed by atoms with Gasteiger partial charge in [-0.2, -0.15) is 0 Å². The Bertz CT molecular complexity index is 355. The molecular formula is C16H28O3S2. The van der Waals surface area contributed by atoms with Crippen LogP contribution < -0.4 is 0 Å². The molecule has 21 heavy (non-hydrogen) atoms. The molecule has 3 atom stereocenters. The van der Waals surface area contributed by atoms with E-state index in [-0.39, 0.29) is 16.0 Å². The summed E-state index contributed by atoms with van der Waals surface area (Å²) in [5.74, 6) is 3.75. The minimum Gasteiger partial charge on any atom is -0.358 e. The van der Waals surface area contributed by atoms with Crippen molar-refractivity contribution in [1.82, 2.24) is 0 Å². The monoisotopic (exact) mass is 332 g/mol. The van der Waals surface area contributed by atoms with E-state index >= 15 is 0 Å². The van der Waals surface area contributed by atoms with E-state index in [2.05, 4.69) is 0 Å². The van der Waals surface area contributed by atoms with Crippen molar-refractivity contribution in [2.45, 2.75) is 49.1 Å². The molecule has 2 bridgehead atoms. The highest BCUT2D eigenvalue weighted by molar-refractivity contribution is 8.18. The summed E-state index contributed by atoms with van der Waals surface area (Å²) in [6.07, 6.45) is 7.63. The van der Waals surface area contributed by atoms with Crippen LogP contribution >= 0.6 is 23.5 Å². The van der Waals surface area contributed by atoms with Crippen LogP contribution in [0.25, 0.3) is 0 Å². The Kier molecular flexibility index (Phi) is 5.16. The molecule has 5 heteroatoms. The molecule has 0 aromatic rings. The van der Waals surface area contributed by atoms with Crippen LogP contribution in [-0.4, -0.2) is 43.4 Å². The van der Waals surface area contributed by atoms with E-state index in [1.165, 1.54) is 50.0 Å². The number of methoxy groups -OCH3 is 3. The van der Waals surface area contributed by atoms with E-state index in [4.69, 9.17) is 14.2 Å². The van der Waals surface area contributed by atoms with E-state index in [9.17, 15) is 0 Å². The fourth-order valence-corrected chi connectivity index (χ4v) is 8.52. The van der Waals surface area contributed by atoms with Gasteiger partial charge in [-0.15, -0.1) is 23.5 Å². The molecule has 1 saturated heterocycles. The average Bonchev–Trinajstić information content (AvgIpc) is 2.90. The Labute approximate surface area is 137 Å². The molecule has 2 aliphatic carbocycles. The lowest BCUT2D eigenvalue weighted by Gasteiger charge is -2.55. The molecule has 0 amide bonds. The standard InChI is InChI=1S/C16H28O3S2/c1-17-14(18-2)13-6-5-12-7-8-15(13,11-12)16(19-3)20-9-4-10-21-16/h12-14H,4-11H2,1-3H3. The fourth-order valence-electron chi connectivity index (χ4n) is 4.90. The zero-order valence-electron chi connectivity index (χ0n) is 13.4. The molecule has 3 rings (SSSR count). The van der Waals surface area contributed by atoms with Crippen LogP contribution in [-0.2, 0) is 14.2 Å². The number of ether oxygens (including phenoxy) is 3. The summed E-state index contributed by atoms with van der Waals surface area (Å²) in [6.45, 7) is 0. The maximum atomic E-state index is 6.22. The van der Waals surface area contributed by atoms with Crippen LogP contribution in [0.2, 0.25) is 0 Å². The smallest absolute Gasteiger partial charge is 0.166 e. The first-order valence-corrected chi connectivity index (χ1v) is 10.1. The van der Waals surface area contributed by atoms with E-state index in [0.717, 1.165) is 5.92 Å². The first-order chi connectivity index (χ1) is 10.2. The lowest BCUT2D eigenvalue weighted by molar-refractivity contribution is -0.190. The Hall–Kier alpha value is 0.580. The van der Waals surface area contributed by atoms with Gasteiger partial charge in [0.15, 0.2) is 10.6 Å². The van der Waals surface area contributed by atoms with Gasteiger partial charge in [-0.05, 0) is 55.9 Å². The fraction of sp³-hybridized carbons (Fsp3) is 1.00. The molecule has 3 unspecified atom stereocenters. The highest BCUT2D eigenvalue weighted by atomic mass is 32.2. The summed E-state index contributed by atoms with van der Waals surface area (Å²) in [5.41, 5.74) is 0.205. The highest BCUT2D eigenvalue weighted by Crippen LogP contribution is 2.68. The van der Waals surface area contributed by atoms with Gasteiger partial charge in [0.05, 0.1) is 0 Å². The summed E-state index contributed by atoms with van der Waals surface area (Å²) >= 11 is 4.08. The molecule has 0 N–H and O–H groups in total. The van der Waals surface area contributed by atoms with Gasteiger partial charge in [-0.1, -0.05) is 0 Å². The van der Waals surface area contributed by atoms with E-state index in [1.807, 2.05) is 30.6 Å². The first-order valence-electron chi connectivity index (χ1n) is 8.10. The predicted octanol–water partition coefficient (Wildman–Crippen LogP) is 3.97.